The summed E-state index contributed by atoms with van der Waals surface area (Å²) in [5.41, 5.74) is 1.11. The molecule has 1 aliphatic carbocycles. The SMILES string of the molecule is COc1cccc(C(=O)Nc2cccc(OC3CCCC3)c2)c1OC. The van der Waals surface area contributed by atoms with Gasteiger partial charge >= 0.3 is 0 Å². The molecule has 3 rings (SSSR count). The summed E-state index contributed by atoms with van der Waals surface area (Å²) in [6.45, 7) is 0. The van der Waals surface area contributed by atoms with E-state index in [2.05, 4.69) is 5.32 Å². The fraction of sp³-hybridized carbons (Fsp3) is 0.350. The van der Waals surface area contributed by atoms with E-state index < -0.39 is 0 Å². The second-order valence-electron chi connectivity index (χ2n) is 6.05. The number of carbonyl (C=O) groups excluding carboxylic acids is 1. The third-order valence-electron chi connectivity index (χ3n) is 4.34. The molecule has 0 heterocycles. The molecule has 25 heavy (non-hydrogen) atoms. The van der Waals surface area contributed by atoms with Gasteiger partial charge in [-0.1, -0.05) is 12.1 Å². The van der Waals surface area contributed by atoms with Gasteiger partial charge < -0.3 is 19.5 Å². The molecule has 132 valence electrons. The Bertz CT molecular complexity index is 738. The lowest BCUT2D eigenvalue weighted by Crippen LogP contribution is -2.14. The second-order valence-corrected chi connectivity index (χ2v) is 6.05. The van der Waals surface area contributed by atoms with Crippen molar-refractivity contribution >= 4 is 11.6 Å². The van der Waals surface area contributed by atoms with Crippen LogP contribution in [-0.4, -0.2) is 26.2 Å². The predicted octanol–water partition coefficient (Wildman–Crippen LogP) is 4.28. The van der Waals surface area contributed by atoms with Gasteiger partial charge in [0.15, 0.2) is 11.5 Å². The number of ether oxygens (including phenoxy) is 3. The number of rotatable bonds is 6. The van der Waals surface area contributed by atoms with E-state index in [0.29, 0.717) is 22.7 Å². The van der Waals surface area contributed by atoms with E-state index in [-0.39, 0.29) is 12.0 Å². The Kier molecular flexibility index (Phi) is 5.43. The minimum absolute atomic E-state index is 0.256. The summed E-state index contributed by atoms with van der Waals surface area (Å²) in [6.07, 6.45) is 4.91. The van der Waals surface area contributed by atoms with Gasteiger partial charge in [0.05, 0.1) is 25.9 Å². The van der Waals surface area contributed by atoms with E-state index in [1.807, 2.05) is 24.3 Å². The Balaban J connectivity index is 1.75. The molecular weight excluding hydrogens is 318 g/mol. The molecule has 0 atom stereocenters. The fourth-order valence-corrected chi connectivity index (χ4v) is 3.11. The maximum Gasteiger partial charge on any atom is 0.259 e. The Morgan fingerprint density at radius 3 is 2.52 bits per heavy atom. The maximum atomic E-state index is 12.6. The van der Waals surface area contributed by atoms with Gasteiger partial charge in [0.25, 0.3) is 5.91 Å². The average Bonchev–Trinajstić information content (AvgIpc) is 3.14. The molecule has 0 aromatic heterocycles. The van der Waals surface area contributed by atoms with Crippen LogP contribution in [0.3, 0.4) is 0 Å². The molecule has 2 aromatic carbocycles. The van der Waals surface area contributed by atoms with Crippen LogP contribution >= 0.6 is 0 Å². The van der Waals surface area contributed by atoms with Crippen LogP contribution in [0.2, 0.25) is 0 Å². The number of para-hydroxylation sites is 1. The molecule has 5 nitrogen and oxygen atoms in total. The average molecular weight is 341 g/mol. The summed E-state index contributed by atoms with van der Waals surface area (Å²) in [7, 11) is 3.06. The zero-order valence-electron chi connectivity index (χ0n) is 14.6. The molecule has 5 heteroatoms. The van der Waals surface area contributed by atoms with Crippen LogP contribution in [0, 0.1) is 0 Å². The van der Waals surface area contributed by atoms with Crippen molar-refractivity contribution in [3.8, 4) is 17.2 Å². The van der Waals surface area contributed by atoms with Gasteiger partial charge in [-0.2, -0.15) is 0 Å². The summed E-state index contributed by atoms with van der Waals surface area (Å²) < 4.78 is 16.6. The molecule has 0 unspecified atom stereocenters. The van der Waals surface area contributed by atoms with Gasteiger partial charge in [0.1, 0.15) is 5.75 Å². The van der Waals surface area contributed by atoms with E-state index in [1.54, 1.807) is 25.3 Å². The first kappa shape index (κ1) is 17.1. The number of methoxy groups -OCH3 is 2. The highest BCUT2D eigenvalue weighted by molar-refractivity contribution is 6.06. The number of nitrogens with one attached hydrogen (secondary N) is 1. The number of benzene rings is 2. The molecule has 0 radical (unpaired) electrons. The van der Waals surface area contributed by atoms with Crippen molar-refractivity contribution in [1.29, 1.82) is 0 Å². The fourth-order valence-electron chi connectivity index (χ4n) is 3.11. The number of anilines is 1. The van der Waals surface area contributed by atoms with Gasteiger partial charge in [-0.3, -0.25) is 4.79 Å². The molecule has 2 aromatic rings. The van der Waals surface area contributed by atoms with E-state index in [0.717, 1.165) is 18.6 Å². The zero-order valence-corrected chi connectivity index (χ0v) is 14.6. The highest BCUT2D eigenvalue weighted by Crippen LogP contribution is 2.31. The summed E-state index contributed by atoms with van der Waals surface area (Å²) in [6, 6.07) is 12.7. The van der Waals surface area contributed by atoms with Crippen LogP contribution < -0.4 is 19.5 Å². The lowest BCUT2D eigenvalue weighted by molar-refractivity contribution is 0.102. The minimum atomic E-state index is -0.256. The number of hydrogen-bond acceptors (Lipinski definition) is 4. The standard InChI is InChI=1S/C20H23NO4/c1-23-18-12-6-11-17(19(18)24-2)20(22)21-14-7-5-10-16(13-14)25-15-8-3-4-9-15/h5-7,10-13,15H,3-4,8-9H2,1-2H3,(H,21,22). The van der Waals surface area contributed by atoms with Crippen molar-refractivity contribution in [1.82, 2.24) is 0 Å². The third kappa shape index (κ3) is 4.05. The van der Waals surface area contributed by atoms with Crippen molar-refractivity contribution in [2.75, 3.05) is 19.5 Å². The van der Waals surface area contributed by atoms with E-state index >= 15 is 0 Å². The smallest absolute Gasteiger partial charge is 0.259 e. The van der Waals surface area contributed by atoms with Crippen molar-refractivity contribution in [2.24, 2.45) is 0 Å². The molecule has 1 N–H and O–H groups in total. The summed E-state index contributed by atoms with van der Waals surface area (Å²) in [5, 5.41) is 2.90. The molecule has 0 saturated heterocycles. The number of carbonyl (C=O) groups is 1. The summed E-state index contributed by atoms with van der Waals surface area (Å²) in [5.74, 6) is 1.46. The number of hydrogen-bond donors (Lipinski definition) is 1. The van der Waals surface area contributed by atoms with E-state index in [9.17, 15) is 4.79 Å². The predicted molar refractivity (Wildman–Crippen MR) is 96.8 cm³/mol. The van der Waals surface area contributed by atoms with Gasteiger partial charge in [0.2, 0.25) is 0 Å². The first-order chi connectivity index (χ1) is 12.2. The Morgan fingerprint density at radius 1 is 1.04 bits per heavy atom. The quantitative estimate of drug-likeness (QED) is 0.852. The van der Waals surface area contributed by atoms with Gasteiger partial charge in [-0.05, 0) is 49.9 Å². The highest BCUT2D eigenvalue weighted by atomic mass is 16.5. The van der Waals surface area contributed by atoms with Gasteiger partial charge in [-0.25, -0.2) is 0 Å². The monoisotopic (exact) mass is 341 g/mol. The van der Waals surface area contributed by atoms with Crippen molar-refractivity contribution in [2.45, 2.75) is 31.8 Å². The molecule has 1 fully saturated rings. The molecular formula is C20H23NO4. The lowest BCUT2D eigenvalue weighted by atomic mass is 10.1. The van der Waals surface area contributed by atoms with Crippen LogP contribution in [0.5, 0.6) is 17.2 Å². The Morgan fingerprint density at radius 2 is 1.80 bits per heavy atom. The Labute approximate surface area is 147 Å². The Hall–Kier alpha value is -2.69. The molecule has 1 aliphatic rings. The molecule has 0 spiro atoms. The lowest BCUT2D eigenvalue weighted by Gasteiger charge is -2.15. The van der Waals surface area contributed by atoms with Crippen molar-refractivity contribution in [3.63, 3.8) is 0 Å². The topological polar surface area (TPSA) is 56.8 Å². The summed E-state index contributed by atoms with van der Waals surface area (Å²) >= 11 is 0. The van der Waals surface area contributed by atoms with E-state index in [1.165, 1.54) is 20.0 Å². The van der Waals surface area contributed by atoms with Crippen LogP contribution in [0.15, 0.2) is 42.5 Å². The summed E-state index contributed by atoms with van der Waals surface area (Å²) in [4.78, 5) is 12.6. The van der Waals surface area contributed by atoms with Crippen LogP contribution in [0.25, 0.3) is 0 Å². The van der Waals surface area contributed by atoms with Crippen LogP contribution in [-0.2, 0) is 0 Å². The maximum absolute atomic E-state index is 12.6. The van der Waals surface area contributed by atoms with Crippen LogP contribution in [0.4, 0.5) is 5.69 Å². The van der Waals surface area contributed by atoms with Crippen molar-refractivity contribution in [3.05, 3.63) is 48.0 Å². The minimum Gasteiger partial charge on any atom is -0.493 e. The molecule has 1 amide bonds. The second kappa shape index (κ2) is 7.92. The number of amides is 1. The van der Waals surface area contributed by atoms with Crippen molar-refractivity contribution < 1.29 is 19.0 Å². The molecule has 0 aliphatic heterocycles. The normalized spacial score (nSPS) is 14.2. The zero-order chi connectivity index (χ0) is 17.6. The van der Waals surface area contributed by atoms with Gasteiger partial charge in [0, 0.05) is 11.8 Å². The van der Waals surface area contributed by atoms with Crippen LogP contribution in [0.1, 0.15) is 36.0 Å². The largest absolute Gasteiger partial charge is 0.493 e. The highest BCUT2D eigenvalue weighted by Gasteiger charge is 2.18. The van der Waals surface area contributed by atoms with E-state index in [4.69, 9.17) is 14.2 Å². The molecule has 0 bridgehead atoms. The first-order valence-electron chi connectivity index (χ1n) is 8.50. The third-order valence-corrected chi connectivity index (χ3v) is 4.34. The van der Waals surface area contributed by atoms with Gasteiger partial charge in [-0.15, -0.1) is 0 Å². The molecule has 1 saturated carbocycles. The first-order valence-corrected chi connectivity index (χ1v) is 8.50.